The van der Waals surface area contributed by atoms with E-state index in [4.69, 9.17) is 11.6 Å². The Balaban J connectivity index is 0.00000180. The Morgan fingerprint density at radius 1 is 1.42 bits per heavy atom. The number of carbonyl (C=O) groups is 1. The van der Waals surface area contributed by atoms with Crippen molar-refractivity contribution in [3.8, 4) is 0 Å². The zero-order chi connectivity index (χ0) is 13.1. The van der Waals surface area contributed by atoms with E-state index in [0.717, 1.165) is 30.4 Å². The fourth-order valence-corrected chi connectivity index (χ4v) is 2.79. The number of hydrogen-bond acceptors (Lipinski definition) is 2. The molecule has 2 rings (SSSR count). The minimum absolute atomic E-state index is 0. The van der Waals surface area contributed by atoms with E-state index >= 15 is 0 Å². The van der Waals surface area contributed by atoms with Gasteiger partial charge in [-0.2, -0.15) is 0 Å². The lowest BCUT2D eigenvalue weighted by Gasteiger charge is -2.32. The van der Waals surface area contributed by atoms with E-state index in [1.54, 1.807) is 6.07 Å². The summed E-state index contributed by atoms with van der Waals surface area (Å²) >= 11 is 9.51. The average Bonchev–Trinajstić information content (AvgIpc) is 2.41. The zero-order valence-electron chi connectivity index (χ0n) is 10.7. The first kappa shape index (κ1) is 16.8. The van der Waals surface area contributed by atoms with Crippen LogP contribution in [0.15, 0.2) is 22.7 Å². The van der Waals surface area contributed by atoms with Gasteiger partial charge >= 0.3 is 0 Å². The molecule has 1 heterocycles. The Labute approximate surface area is 133 Å². The van der Waals surface area contributed by atoms with E-state index in [0.29, 0.717) is 16.6 Å². The third-order valence-electron chi connectivity index (χ3n) is 3.36. The second-order valence-electron chi connectivity index (χ2n) is 4.50. The number of piperidine rings is 1. The van der Waals surface area contributed by atoms with Crippen molar-refractivity contribution in [1.29, 1.82) is 0 Å². The highest BCUT2D eigenvalue weighted by molar-refractivity contribution is 9.10. The smallest absolute Gasteiger partial charge is 0.255 e. The molecule has 106 valence electrons. The minimum Gasteiger partial charge on any atom is -0.339 e. The largest absolute Gasteiger partial charge is 0.339 e. The average molecular weight is 368 g/mol. The molecule has 1 aromatic rings. The van der Waals surface area contributed by atoms with Gasteiger partial charge in [0.15, 0.2) is 0 Å². The molecule has 1 fully saturated rings. The molecule has 0 aliphatic carbocycles. The fourth-order valence-electron chi connectivity index (χ4n) is 2.22. The summed E-state index contributed by atoms with van der Waals surface area (Å²) in [7, 11) is 1.86. The van der Waals surface area contributed by atoms with Crippen molar-refractivity contribution in [1.82, 2.24) is 10.2 Å². The maximum absolute atomic E-state index is 12.4. The molecule has 1 aliphatic heterocycles. The Hall–Kier alpha value is -0.290. The highest BCUT2D eigenvalue weighted by atomic mass is 79.9. The van der Waals surface area contributed by atoms with Gasteiger partial charge in [-0.25, -0.2) is 0 Å². The molecule has 1 aliphatic rings. The SMILES string of the molecule is CN(C(=O)c1cccc(Br)c1Cl)C1CCNCC1.Cl. The Bertz CT molecular complexity index is 450. The molecule has 0 saturated carbocycles. The lowest BCUT2D eigenvalue weighted by Crippen LogP contribution is -2.44. The number of rotatable bonds is 2. The lowest BCUT2D eigenvalue weighted by atomic mass is 10.0. The summed E-state index contributed by atoms with van der Waals surface area (Å²) in [6.07, 6.45) is 1.99. The fraction of sp³-hybridized carbons (Fsp3) is 0.462. The topological polar surface area (TPSA) is 32.3 Å². The van der Waals surface area contributed by atoms with Crippen LogP contribution in [-0.4, -0.2) is 37.0 Å². The van der Waals surface area contributed by atoms with Crippen LogP contribution in [-0.2, 0) is 0 Å². The predicted octanol–water partition coefficient (Wildman–Crippen LogP) is 3.35. The summed E-state index contributed by atoms with van der Waals surface area (Å²) in [4.78, 5) is 14.2. The molecule has 0 unspecified atom stereocenters. The number of halogens is 3. The Kier molecular flexibility index (Phi) is 6.60. The molecular formula is C13H17BrCl2N2O. The van der Waals surface area contributed by atoms with E-state index in [9.17, 15) is 4.79 Å². The second-order valence-corrected chi connectivity index (χ2v) is 5.73. The van der Waals surface area contributed by atoms with Crippen LogP contribution in [0.4, 0.5) is 0 Å². The predicted molar refractivity (Wildman–Crippen MR) is 84.4 cm³/mol. The van der Waals surface area contributed by atoms with E-state index in [1.165, 1.54) is 0 Å². The molecule has 1 aromatic carbocycles. The first-order valence-corrected chi connectivity index (χ1v) is 7.20. The van der Waals surface area contributed by atoms with E-state index in [2.05, 4.69) is 21.2 Å². The van der Waals surface area contributed by atoms with Crippen molar-refractivity contribution in [2.24, 2.45) is 0 Å². The second kappa shape index (κ2) is 7.48. The number of amides is 1. The molecule has 3 nitrogen and oxygen atoms in total. The van der Waals surface area contributed by atoms with Crippen LogP contribution in [0.5, 0.6) is 0 Å². The van der Waals surface area contributed by atoms with Crippen LogP contribution in [0.3, 0.4) is 0 Å². The summed E-state index contributed by atoms with van der Waals surface area (Å²) in [5.41, 5.74) is 0.562. The van der Waals surface area contributed by atoms with Gasteiger partial charge in [0.1, 0.15) is 0 Å². The quantitative estimate of drug-likeness (QED) is 0.869. The van der Waals surface area contributed by atoms with Gasteiger partial charge in [-0.1, -0.05) is 17.7 Å². The molecule has 0 bridgehead atoms. The van der Waals surface area contributed by atoms with Crippen molar-refractivity contribution >= 4 is 45.8 Å². The highest BCUT2D eigenvalue weighted by Gasteiger charge is 2.24. The first-order chi connectivity index (χ1) is 8.61. The molecule has 0 aromatic heterocycles. The number of benzene rings is 1. The number of nitrogens with one attached hydrogen (secondary N) is 1. The molecule has 1 amide bonds. The van der Waals surface area contributed by atoms with Gasteiger partial charge in [0.25, 0.3) is 5.91 Å². The van der Waals surface area contributed by atoms with Crippen LogP contribution in [0.1, 0.15) is 23.2 Å². The molecule has 19 heavy (non-hydrogen) atoms. The molecule has 1 N–H and O–H groups in total. The lowest BCUT2D eigenvalue weighted by molar-refractivity contribution is 0.0703. The van der Waals surface area contributed by atoms with Crippen molar-refractivity contribution < 1.29 is 4.79 Å². The summed E-state index contributed by atoms with van der Waals surface area (Å²) in [5, 5.41) is 3.79. The maximum atomic E-state index is 12.4. The maximum Gasteiger partial charge on any atom is 0.255 e. The normalized spacial score (nSPS) is 15.7. The van der Waals surface area contributed by atoms with E-state index in [-0.39, 0.29) is 18.3 Å². The van der Waals surface area contributed by atoms with Crippen molar-refractivity contribution in [2.45, 2.75) is 18.9 Å². The van der Waals surface area contributed by atoms with Crippen molar-refractivity contribution in [3.05, 3.63) is 33.3 Å². The summed E-state index contributed by atoms with van der Waals surface area (Å²) in [6.45, 7) is 1.93. The number of nitrogens with zero attached hydrogens (tertiary/aromatic N) is 1. The van der Waals surface area contributed by atoms with Gasteiger partial charge in [0.2, 0.25) is 0 Å². The first-order valence-electron chi connectivity index (χ1n) is 6.03. The van der Waals surface area contributed by atoms with Gasteiger partial charge < -0.3 is 10.2 Å². The molecule has 0 spiro atoms. The van der Waals surface area contributed by atoms with Gasteiger partial charge in [-0.15, -0.1) is 12.4 Å². The Morgan fingerprint density at radius 3 is 2.68 bits per heavy atom. The summed E-state index contributed by atoms with van der Waals surface area (Å²) < 4.78 is 0.758. The van der Waals surface area contributed by atoms with Crippen molar-refractivity contribution in [2.75, 3.05) is 20.1 Å². The minimum atomic E-state index is -0.00630. The van der Waals surface area contributed by atoms with E-state index in [1.807, 2.05) is 24.1 Å². The van der Waals surface area contributed by atoms with Crippen LogP contribution < -0.4 is 5.32 Å². The molecule has 6 heteroatoms. The zero-order valence-corrected chi connectivity index (χ0v) is 13.8. The van der Waals surface area contributed by atoms with Crippen LogP contribution in [0.2, 0.25) is 5.02 Å². The van der Waals surface area contributed by atoms with Gasteiger partial charge in [-0.05, 0) is 54.0 Å². The molecule has 0 radical (unpaired) electrons. The number of carbonyl (C=O) groups excluding carboxylic acids is 1. The summed E-state index contributed by atoms with van der Waals surface area (Å²) in [5.74, 6) is -0.00630. The number of hydrogen-bond donors (Lipinski definition) is 1. The summed E-state index contributed by atoms with van der Waals surface area (Å²) in [6, 6.07) is 5.74. The molecule has 0 atom stereocenters. The Morgan fingerprint density at radius 2 is 2.05 bits per heavy atom. The van der Waals surface area contributed by atoms with Gasteiger partial charge in [0, 0.05) is 17.6 Å². The van der Waals surface area contributed by atoms with E-state index < -0.39 is 0 Å². The van der Waals surface area contributed by atoms with Gasteiger partial charge in [-0.3, -0.25) is 4.79 Å². The monoisotopic (exact) mass is 366 g/mol. The van der Waals surface area contributed by atoms with Crippen LogP contribution in [0.25, 0.3) is 0 Å². The third kappa shape index (κ3) is 3.85. The van der Waals surface area contributed by atoms with Gasteiger partial charge in [0.05, 0.1) is 10.6 Å². The molecule has 1 saturated heterocycles. The third-order valence-corrected chi connectivity index (χ3v) is 4.66. The standard InChI is InChI=1S/C13H16BrClN2O.ClH/c1-17(9-5-7-16-8-6-9)13(18)10-3-2-4-11(14)12(10)15;/h2-4,9,16H,5-8H2,1H3;1H. The van der Waals surface area contributed by atoms with Crippen molar-refractivity contribution in [3.63, 3.8) is 0 Å². The van der Waals surface area contributed by atoms with Crippen LogP contribution in [0, 0.1) is 0 Å². The highest BCUT2D eigenvalue weighted by Crippen LogP contribution is 2.27. The molecular weight excluding hydrogens is 351 g/mol. The van der Waals surface area contributed by atoms with Crippen LogP contribution >= 0.6 is 39.9 Å².